The van der Waals surface area contributed by atoms with Crippen LogP contribution < -0.4 is 0 Å². The van der Waals surface area contributed by atoms with Crippen molar-refractivity contribution in [1.29, 1.82) is 0 Å². The molecular weight excluding hydrogens is 288 g/mol. The highest BCUT2D eigenvalue weighted by atomic mass is 79.9. The van der Waals surface area contributed by atoms with E-state index in [2.05, 4.69) is 31.5 Å². The van der Waals surface area contributed by atoms with Crippen LogP contribution in [0.4, 0.5) is 0 Å². The second kappa shape index (κ2) is 4.88. The van der Waals surface area contributed by atoms with Crippen LogP contribution in [-0.2, 0) is 4.79 Å². The zero-order chi connectivity index (χ0) is 12.3. The SMILES string of the molecule is O=C(O)/C=C/c1nnnn1-c1ccccc1Br. The Morgan fingerprint density at radius 3 is 2.88 bits per heavy atom. The third-order valence-corrected chi connectivity index (χ3v) is 2.62. The lowest BCUT2D eigenvalue weighted by Gasteiger charge is -2.03. The molecule has 1 aromatic heterocycles. The number of carboxylic acid groups (broad SMARTS) is 1. The van der Waals surface area contributed by atoms with Crippen molar-refractivity contribution in [1.82, 2.24) is 20.2 Å². The number of carbonyl (C=O) groups is 1. The van der Waals surface area contributed by atoms with Gasteiger partial charge < -0.3 is 5.11 Å². The molecule has 0 unspecified atom stereocenters. The molecular formula is C10H7BrN4O2. The molecule has 0 aliphatic heterocycles. The first-order chi connectivity index (χ1) is 8.18. The number of halogens is 1. The van der Waals surface area contributed by atoms with Crippen molar-refractivity contribution in [3.8, 4) is 5.69 Å². The summed E-state index contributed by atoms with van der Waals surface area (Å²) in [7, 11) is 0. The molecule has 1 N–H and O–H groups in total. The van der Waals surface area contributed by atoms with E-state index in [9.17, 15) is 4.79 Å². The van der Waals surface area contributed by atoms with Gasteiger partial charge in [0.2, 0.25) is 0 Å². The molecule has 0 atom stereocenters. The topological polar surface area (TPSA) is 80.9 Å². The van der Waals surface area contributed by atoms with Gasteiger partial charge in [-0.2, -0.15) is 4.68 Å². The summed E-state index contributed by atoms with van der Waals surface area (Å²) in [6, 6.07) is 7.37. The Kier molecular flexibility index (Phi) is 3.29. The zero-order valence-electron chi connectivity index (χ0n) is 8.49. The molecule has 0 saturated heterocycles. The summed E-state index contributed by atoms with van der Waals surface area (Å²) in [5.41, 5.74) is 0.738. The summed E-state index contributed by atoms with van der Waals surface area (Å²) < 4.78 is 2.26. The summed E-state index contributed by atoms with van der Waals surface area (Å²) in [5.74, 6) is -0.703. The van der Waals surface area contributed by atoms with Crippen LogP contribution in [0.1, 0.15) is 5.82 Å². The zero-order valence-corrected chi connectivity index (χ0v) is 10.1. The van der Waals surface area contributed by atoms with Crippen molar-refractivity contribution < 1.29 is 9.90 Å². The van der Waals surface area contributed by atoms with Crippen LogP contribution in [0.25, 0.3) is 11.8 Å². The van der Waals surface area contributed by atoms with E-state index in [0.717, 1.165) is 16.2 Å². The molecule has 0 spiro atoms. The van der Waals surface area contributed by atoms with E-state index in [1.165, 1.54) is 10.8 Å². The molecule has 0 amide bonds. The normalized spacial score (nSPS) is 10.9. The Morgan fingerprint density at radius 1 is 1.41 bits per heavy atom. The van der Waals surface area contributed by atoms with Gasteiger partial charge in [0, 0.05) is 10.5 Å². The number of para-hydroxylation sites is 1. The molecule has 0 radical (unpaired) electrons. The third kappa shape index (κ3) is 2.56. The van der Waals surface area contributed by atoms with Crippen LogP contribution in [0.2, 0.25) is 0 Å². The minimum Gasteiger partial charge on any atom is -0.478 e. The van der Waals surface area contributed by atoms with Gasteiger partial charge in [0.05, 0.1) is 5.69 Å². The van der Waals surface area contributed by atoms with E-state index in [0.29, 0.717) is 5.82 Å². The standard InChI is InChI=1S/C10H7BrN4O2/c11-7-3-1-2-4-8(7)15-9(12-13-14-15)5-6-10(16)17/h1-6H,(H,16,17)/b6-5+. The number of benzene rings is 1. The van der Waals surface area contributed by atoms with E-state index in [1.807, 2.05) is 24.3 Å². The fourth-order valence-corrected chi connectivity index (χ4v) is 1.69. The van der Waals surface area contributed by atoms with Crippen LogP contribution in [0, 0.1) is 0 Å². The minimum absolute atomic E-state index is 0.347. The van der Waals surface area contributed by atoms with E-state index < -0.39 is 5.97 Å². The predicted octanol–water partition coefficient (Wildman–Crippen LogP) is 1.52. The monoisotopic (exact) mass is 294 g/mol. The van der Waals surface area contributed by atoms with Crippen LogP contribution >= 0.6 is 15.9 Å². The van der Waals surface area contributed by atoms with Crippen LogP contribution in [0.3, 0.4) is 0 Å². The fourth-order valence-electron chi connectivity index (χ4n) is 1.24. The van der Waals surface area contributed by atoms with E-state index in [4.69, 9.17) is 5.11 Å². The van der Waals surface area contributed by atoms with Crippen molar-refractivity contribution in [3.05, 3.63) is 40.6 Å². The van der Waals surface area contributed by atoms with Gasteiger partial charge >= 0.3 is 5.97 Å². The number of nitrogens with zero attached hydrogens (tertiary/aromatic N) is 4. The van der Waals surface area contributed by atoms with Gasteiger partial charge in [0.1, 0.15) is 0 Å². The van der Waals surface area contributed by atoms with Crippen molar-refractivity contribution in [2.75, 3.05) is 0 Å². The maximum atomic E-state index is 10.4. The van der Waals surface area contributed by atoms with Crippen LogP contribution in [-0.4, -0.2) is 31.3 Å². The van der Waals surface area contributed by atoms with E-state index in [1.54, 1.807) is 0 Å². The smallest absolute Gasteiger partial charge is 0.328 e. The van der Waals surface area contributed by atoms with Gasteiger partial charge in [0.25, 0.3) is 0 Å². The summed E-state index contributed by atoms with van der Waals surface area (Å²) in [4.78, 5) is 10.4. The molecule has 0 aliphatic carbocycles. The molecule has 2 aromatic rings. The number of tetrazole rings is 1. The largest absolute Gasteiger partial charge is 0.478 e. The van der Waals surface area contributed by atoms with Crippen molar-refractivity contribution >= 4 is 28.0 Å². The molecule has 0 aliphatic rings. The van der Waals surface area contributed by atoms with Gasteiger partial charge in [-0.1, -0.05) is 12.1 Å². The van der Waals surface area contributed by atoms with E-state index in [-0.39, 0.29) is 0 Å². The Morgan fingerprint density at radius 2 is 2.18 bits per heavy atom. The highest BCUT2D eigenvalue weighted by molar-refractivity contribution is 9.10. The second-order valence-electron chi connectivity index (χ2n) is 3.07. The average Bonchev–Trinajstić information content (AvgIpc) is 2.75. The summed E-state index contributed by atoms with van der Waals surface area (Å²) in [6.07, 6.45) is 2.32. The summed E-state index contributed by atoms with van der Waals surface area (Å²) in [6.45, 7) is 0. The minimum atomic E-state index is -1.05. The molecule has 0 fully saturated rings. The maximum absolute atomic E-state index is 10.4. The highest BCUT2D eigenvalue weighted by Gasteiger charge is 2.08. The Balaban J connectivity index is 2.44. The number of rotatable bonds is 3. The van der Waals surface area contributed by atoms with Gasteiger partial charge in [0.15, 0.2) is 5.82 Å². The first-order valence-electron chi connectivity index (χ1n) is 4.63. The maximum Gasteiger partial charge on any atom is 0.328 e. The Bertz CT molecular complexity index is 579. The van der Waals surface area contributed by atoms with Crippen molar-refractivity contribution in [2.45, 2.75) is 0 Å². The lowest BCUT2D eigenvalue weighted by molar-refractivity contribution is -0.131. The van der Waals surface area contributed by atoms with Gasteiger partial charge in [-0.25, -0.2) is 4.79 Å². The molecule has 6 nitrogen and oxygen atoms in total. The van der Waals surface area contributed by atoms with E-state index >= 15 is 0 Å². The van der Waals surface area contributed by atoms with Gasteiger partial charge in [-0.15, -0.1) is 5.10 Å². The first kappa shape index (κ1) is 11.5. The number of hydrogen-bond donors (Lipinski definition) is 1. The third-order valence-electron chi connectivity index (χ3n) is 1.95. The first-order valence-corrected chi connectivity index (χ1v) is 5.42. The second-order valence-corrected chi connectivity index (χ2v) is 3.93. The number of carboxylic acids is 1. The molecule has 0 bridgehead atoms. The summed E-state index contributed by atoms with van der Waals surface area (Å²) >= 11 is 3.38. The quantitative estimate of drug-likeness (QED) is 0.868. The average molecular weight is 295 g/mol. The van der Waals surface area contributed by atoms with Crippen LogP contribution in [0.5, 0.6) is 0 Å². The summed E-state index contributed by atoms with van der Waals surface area (Å²) in [5, 5.41) is 19.6. The highest BCUT2D eigenvalue weighted by Crippen LogP contribution is 2.20. The lowest BCUT2D eigenvalue weighted by Crippen LogP contribution is -2.00. The van der Waals surface area contributed by atoms with Crippen molar-refractivity contribution in [2.24, 2.45) is 0 Å². The molecule has 2 rings (SSSR count). The Hall–Kier alpha value is -2.02. The predicted molar refractivity (Wildman–Crippen MR) is 63.5 cm³/mol. The van der Waals surface area contributed by atoms with Gasteiger partial charge in [-0.05, 0) is 44.6 Å². The van der Waals surface area contributed by atoms with Gasteiger partial charge in [-0.3, -0.25) is 0 Å². The number of hydrogen-bond acceptors (Lipinski definition) is 4. The molecule has 1 aromatic carbocycles. The Labute approximate surface area is 105 Å². The lowest BCUT2D eigenvalue weighted by atomic mass is 10.3. The molecule has 0 saturated carbocycles. The number of aromatic nitrogens is 4. The fraction of sp³-hybridized carbons (Fsp3) is 0. The molecule has 7 heteroatoms. The molecule has 86 valence electrons. The molecule has 17 heavy (non-hydrogen) atoms. The van der Waals surface area contributed by atoms with Crippen molar-refractivity contribution in [3.63, 3.8) is 0 Å². The molecule has 1 heterocycles. The van der Waals surface area contributed by atoms with Crippen LogP contribution in [0.15, 0.2) is 34.8 Å². The number of aliphatic carboxylic acids is 1.